The van der Waals surface area contributed by atoms with E-state index < -0.39 is 9.92 Å². The van der Waals surface area contributed by atoms with Crippen LogP contribution in [0.5, 0.6) is 5.75 Å². The third-order valence-electron chi connectivity index (χ3n) is 6.35. The van der Waals surface area contributed by atoms with Crippen LogP contribution in [-0.2, 0) is 21.7 Å². The van der Waals surface area contributed by atoms with Crippen molar-refractivity contribution in [1.82, 2.24) is 13.9 Å². The summed E-state index contributed by atoms with van der Waals surface area (Å²) < 4.78 is 32.6. The van der Waals surface area contributed by atoms with Crippen LogP contribution >= 0.6 is 0 Å². The number of aryl methyl sites for hydroxylation is 1. The van der Waals surface area contributed by atoms with E-state index in [0.717, 1.165) is 47.9 Å². The summed E-state index contributed by atoms with van der Waals surface area (Å²) in [7, 11) is 4.43. The average Bonchev–Trinajstić information content (AvgIpc) is 3.28. The molecule has 1 aliphatic rings. The second kappa shape index (κ2) is 9.32. The van der Waals surface area contributed by atoms with Gasteiger partial charge in [0.2, 0.25) is 0 Å². The normalized spacial score (nSPS) is 20.7. The zero-order valence-electron chi connectivity index (χ0n) is 19.8. The average molecular weight is 473 g/mol. The van der Waals surface area contributed by atoms with Crippen LogP contribution in [0.15, 0.2) is 45.8 Å². The van der Waals surface area contributed by atoms with Gasteiger partial charge < -0.3 is 19.0 Å². The molecule has 0 radical (unpaired) electrons. The van der Waals surface area contributed by atoms with E-state index in [1.54, 1.807) is 49.6 Å². The van der Waals surface area contributed by atoms with Crippen molar-refractivity contribution in [3.8, 4) is 16.9 Å². The molecule has 8 nitrogen and oxygen atoms in total. The first kappa shape index (κ1) is 23.5. The fraction of sp³-hybridized carbons (Fsp3) is 0.458. The van der Waals surface area contributed by atoms with Crippen LogP contribution in [0.25, 0.3) is 22.0 Å². The summed E-state index contributed by atoms with van der Waals surface area (Å²) in [5.74, 6) is 0.725. The molecule has 33 heavy (non-hydrogen) atoms. The van der Waals surface area contributed by atoms with Crippen LogP contribution in [0, 0.1) is 0 Å². The van der Waals surface area contributed by atoms with E-state index in [4.69, 9.17) is 9.47 Å². The minimum Gasteiger partial charge on any atom is -0.490 e. The van der Waals surface area contributed by atoms with E-state index >= 15 is 0 Å². The van der Waals surface area contributed by atoms with E-state index in [1.807, 2.05) is 30.5 Å². The highest BCUT2D eigenvalue weighted by atomic mass is 32.2. The van der Waals surface area contributed by atoms with Gasteiger partial charge in [0.1, 0.15) is 21.2 Å². The molecule has 1 aromatic carbocycles. The van der Waals surface area contributed by atoms with Crippen LogP contribution < -0.4 is 10.3 Å². The van der Waals surface area contributed by atoms with Gasteiger partial charge in [-0.1, -0.05) is 0 Å². The Morgan fingerprint density at radius 2 is 1.82 bits per heavy atom. The lowest BCUT2D eigenvalue weighted by Crippen LogP contribution is -2.27. The van der Waals surface area contributed by atoms with Crippen molar-refractivity contribution in [3.05, 3.63) is 47.0 Å². The number of nitrogens with one attached hydrogen (secondary N) is 1. The quantitative estimate of drug-likeness (QED) is 0.586. The number of pyridine rings is 1. The van der Waals surface area contributed by atoms with Crippen molar-refractivity contribution in [2.45, 2.75) is 37.9 Å². The maximum absolute atomic E-state index is 12.9. The molecule has 1 N–H and O–H groups in total. The molecule has 4 rings (SSSR count). The minimum absolute atomic E-state index is 0.0874. The molecule has 0 saturated heterocycles. The van der Waals surface area contributed by atoms with Crippen molar-refractivity contribution in [1.29, 1.82) is 0 Å². The third kappa shape index (κ3) is 4.85. The molecule has 0 bridgehead atoms. The van der Waals surface area contributed by atoms with Gasteiger partial charge >= 0.3 is 0 Å². The van der Waals surface area contributed by atoms with E-state index in [-0.39, 0.29) is 17.8 Å². The zero-order valence-corrected chi connectivity index (χ0v) is 20.6. The molecular formula is C24H32N4O4S. The molecule has 3 aromatic rings. The smallest absolute Gasteiger partial charge is 0.274 e. The standard InChI is InChI=1S/C24H32N4O4S/c1-27(2)33(5,30)26-16-6-11-22(32-18-9-7-17(31-4)8-10-18)20(14-16)21-15-28(3)24(29)23-19(21)12-13-25-23/h6,11-15,17-18,25H,7-10H2,1-5H3. The predicted octanol–water partition coefficient (Wildman–Crippen LogP) is 4.08. The Hall–Kier alpha value is -2.62. The molecular weight excluding hydrogens is 440 g/mol. The van der Waals surface area contributed by atoms with Crippen LogP contribution in [0.4, 0.5) is 5.69 Å². The number of methoxy groups -OCH3 is 1. The maximum Gasteiger partial charge on any atom is 0.274 e. The van der Waals surface area contributed by atoms with Gasteiger partial charge in [0.15, 0.2) is 0 Å². The first-order valence-electron chi connectivity index (χ1n) is 11.1. The number of aromatic nitrogens is 2. The first-order chi connectivity index (χ1) is 15.7. The molecule has 2 heterocycles. The molecule has 0 amide bonds. The Balaban J connectivity index is 1.83. The van der Waals surface area contributed by atoms with Gasteiger partial charge in [-0.05, 0) is 49.9 Å². The number of aromatic amines is 1. The molecule has 1 atom stereocenters. The van der Waals surface area contributed by atoms with Crippen LogP contribution in [-0.4, -0.2) is 57.7 Å². The lowest BCUT2D eigenvalue weighted by atomic mass is 9.94. The number of ether oxygens (including phenoxy) is 2. The lowest BCUT2D eigenvalue weighted by Gasteiger charge is -2.29. The third-order valence-corrected chi connectivity index (χ3v) is 8.25. The van der Waals surface area contributed by atoms with Gasteiger partial charge in [0.05, 0.1) is 17.9 Å². The molecule has 9 heteroatoms. The summed E-state index contributed by atoms with van der Waals surface area (Å²) in [6, 6.07) is 7.52. The number of hydrogen-bond acceptors (Lipinski definition) is 5. The second-order valence-corrected chi connectivity index (χ2v) is 11.3. The van der Waals surface area contributed by atoms with E-state index in [1.165, 1.54) is 0 Å². The Morgan fingerprint density at radius 3 is 2.48 bits per heavy atom. The predicted molar refractivity (Wildman–Crippen MR) is 132 cm³/mol. The molecule has 1 unspecified atom stereocenters. The Labute approximate surface area is 194 Å². The van der Waals surface area contributed by atoms with Crippen molar-refractivity contribution >= 4 is 26.5 Å². The van der Waals surface area contributed by atoms with Crippen molar-refractivity contribution in [3.63, 3.8) is 0 Å². The number of nitrogens with zero attached hydrogens (tertiary/aromatic N) is 3. The second-order valence-electron chi connectivity index (χ2n) is 8.82. The highest BCUT2D eigenvalue weighted by molar-refractivity contribution is 7.90. The minimum atomic E-state index is -2.55. The molecule has 1 fully saturated rings. The monoisotopic (exact) mass is 472 g/mol. The molecule has 2 aromatic heterocycles. The summed E-state index contributed by atoms with van der Waals surface area (Å²) in [4.78, 5) is 15.6. The summed E-state index contributed by atoms with van der Waals surface area (Å²) in [6.07, 6.45) is 9.34. The summed E-state index contributed by atoms with van der Waals surface area (Å²) >= 11 is 0. The summed E-state index contributed by atoms with van der Waals surface area (Å²) in [5.41, 5.74) is 2.72. The number of H-pyrrole nitrogens is 1. The summed E-state index contributed by atoms with van der Waals surface area (Å²) in [6.45, 7) is 0. The van der Waals surface area contributed by atoms with Crippen LogP contribution in [0.3, 0.4) is 0 Å². The topological polar surface area (TPSA) is 88.9 Å². The van der Waals surface area contributed by atoms with Crippen LogP contribution in [0.2, 0.25) is 0 Å². The largest absolute Gasteiger partial charge is 0.490 e. The fourth-order valence-corrected chi connectivity index (χ4v) is 4.88. The highest BCUT2D eigenvalue weighted by Crippen LogP contribution is 2.39. The van der Waals surface area contributed by atoms with Crippen molar-refractivity contribution < 1.29 is 13.7 Å². The number of benzene rings is 1. The number of fused-ring (bicyclic) bond motifs is 1. The Bertz CT molecular complexity index is 1330. The number of rotatable bonds is 6. The molecule has 0 spiro atoms. The van der Waals surface area contributed by atoms with E-state index in [9.17, 15) is 9.00 Å². The van der Waals surface area contributed by atoms with Crippen molar-refractivity contribution in [2.24, 2.45) is 11.4 Å². The fourth-order valence-electron chi connectivity index (χ4n) is 4.21. The van der Waals surface area contributed by atoms with Gasteiger partial charge in [0.25, 0.3) is 5.56 Å². The molecule has 1 saturated carbocycles. The maximum atomic E-state index is 12.9. The zero-order chi connectivity index (χ0) is 23.8. The molecule has 1 aliphatic carbocycles. The first-order valence-corrected chi connectivity index (χ1v) is 13.0. The van der Waals surface area contributed by atoms with Gasteiger partial charge in [-0.3, -0.25) is 4.79 Å². The highest BCUT2D eigenvalue weighted by Gasteiger charge is 2.24. The molecule has 0 aliphatic heterocycles. The lowest BCUT2D eigenvalue weighted by molar-refractivity contribution is 0.0329. The van der Waals surface area contributed by atoms with Gasteiger partial charge in [0, 0.05) is 63.4 Å². The van der Waals surface area contributed by atoms with Gasteiger partial charge in [-0.2, -0.15) is 4.36 Å². The molecule has 178 valence electrons. The van der Waals surface area contributed by atoms with Gasteiger partial charge in [-0.25, -0.2) is 8.51 Å². The van der Waals surface area contributed by atoms with E-state index in [0.29, 0.717) is 11.2 Å². The Kier molecular flexibility index (Phi) is 6.65. The number of hydrogen-bond donors (Lipinski definition) is 1. The van der Waals surface area contributed by atoms with E-state index in [2.05, 4.69) is 9.35 Å². The van der Waals surface area contributed by atoms with Gasteiger partial charge in [-0.15, -0.1) is 0 Å². The SMILES string of the molecule is COC1CCC(Oc2ccc(N=S(C)(=O)N(C)C)cc2-c2cn(C)c(=O)c3[nH]ccc23)CC1. The summed E-state index contributed by atoms with van der Waals surface area (Å²) in [5, 5.41) is 0.813. The van der Waals surface area contributed by atoms with Crippen molar-refractivity contribution in [2.75, 3.05) is 27.5 Å². The Morgan fingerprint density at radius 1 is 1.12 bits per heavy atom. The van der Waals surface area contributed by atoms with Crippen LogP contribution in [0.1, 0.15) is 25.7 Å².